The molecular weight excluding hydrogens is 310 g/mol. The van der Waals surface area contributed by atoms with Crippen LogP contribution in [0.4, 0.5) is 0 Å². The smallest absolute Gasteiger partial charge is 0.119 e. The second-order valence-corrected chi connectivity index (χ2v) is 7.45. The minimum atomic E-state index is 0.216. The first-order chi connectivity index (χ1) is 12.0. The first-order valence-electron chi connectivity index (χ1n) is 9.54. The lowest BCUT2D eigenvalue weighted by Gasteiger charge is -2.19. The molecule has 25 heavy (non-hydrogen) atoms. The van der Waals surface area contributed by atoms with E-state index < -0.39 is 0 Å². The van der Waals surface area contributed by atoms with Gasteiger partial charge in [0.25, 0.3) is 0 Å². The van der Waals surface area contributed by atoms with Crippen LogP contribution in [-0.2, 0) is 6.54 Å². The van der Waals surface area contributed by atoms with Gasteiger partial charge in [0.1, 0.15) is 11.5 Å². The highest BCUT2D eigenvalue weighted by Crippen LogP contribution is 2.28. The predicted octanol–water partition coefficient (Wildman–Crippen LogP) is 5.77. The van der Waals surface area contributed by atoms with Crippen LogP contribution in [0.25, 0.3) is 0 Å². The van der Waals surface area contributed by atoms with Crippen LogP contribution < -0.4 is 10.1 Å². The molecule has 1 atom stereocenters. The number of hydrogen-bond acceptors (Lipinski definition) is 3. The minimum Gasteiger partial charge on any atom is -0.491 e. The fourth-order valence-electron chi connectivity index (χ4n) is 3.00. The van der Waals surface area contributed by atoms with Crippen molar-refractivity contribution in [2.45, 2.75) is 65.5 Å². The molecule has 0 spiro atoms. The Labute approximate surface area is 152 Å². The lowest BCUT2D eigenvalue weighted by molar-refractivity contribution is 0.242. The van der Waals surface area contributed by atoms with Crippen molar-refractivity contribution in [3.05, 3.63) is 54.0 Å². The molecule has 2 aromatic rings. The Morgan fingerprint density at radius 2 is 1.72 bits per heavy atom. The molecule has 0 saturated heterocycles. The summed E-state index contributed by atoms with van der Waals surface area (Å²) in [4.78, 5) is 0. The first kappa shape index (κ1) is 19.6. The van der Waals surface area contributed by atoms with E-state index in [0.717, 1.165) is 36.9 Å². The standard InChI is InChI=1S/C22H33NO2/c1-17(2)7-8-20(13-14-23-16-22-6-5-15-24-22)19-9-11-21(12-10-19)25-18(3)4/h5-6,9-12,15,17-18,20,23H,7-8,13-14,16H2,1-4H3. The third kappa shape index (κ3) is 7.35. The summed E-state index contributed by atoms with van der Waals surface area (Å²) < 4.78 is 11.1. The Bertz CT molecular complexity index is 573. The van der Waals surface area contributed by atoms with Gasteiger partial charge in [-0.15, -0.1) is 0 Å². The summed E-state index contributed by atoms with van der Waals surface area (Å²) in [6, 6.07) is 12.6. The SMILES string of the molecule is CC(C)CCC(CCNCc1ccco1)c1ccc(OC(C)C)cc1. The quantitative estimate of drug-likeness (QED) is 0.526. The van der Waals surface area contributed by atoms with E-state index in [0.29, 0.717) is 5.92 Å². The number of nitrogens with one attached hydrogen (secondary N) is 1. The number of ether oxygens (including phenoxy) is 1. The monoisotopic (exact) mass is 343 g/mol. The molecule has 3 nitrogen and oxygen atoms in total. The Morgan fingerprint density at radius 3 is 2.32 bits per heavy atom. The Balaban J connectivity index is 1.89. The van der Waals surface area contributed by atoms with Crippen molar-refractivity contribution in [2.24, 2.45) is 5.92 Å². The Morgan fingerprint density at radius 1 is 0.960 bits per heavy atom. The van der Waals surface area contributed by atoms with E-state index in [1.165, 1.54) is 18.4 Å². The number of benzene rings is 1. The molecule has 0 aliphatic rings. The van der Waals surface area contributed by atoms with Crippen molar-refractivity contribution in [1.82, 2.24) is 5.32 Å². The molecule has 1 unspecified atom stereocenters. The summed E-state index contributed by atoms with van der Waals surface area (Å²) in [5, 5.41) is 3.49. The highest BCUT2D eigenvalue weighted by atomic mass is 16.5. The molecule has 1 heterocycles. The normalized spacial score (nSPS) is 12.7. The fourth-order valence-corrected chi connectivity index (χ4v) is 3.00. The number of rotatable bonds is 11. The summed E-state index contributed by atoms with van der Waals surface area (Å²) in [5.74, 6) is 3.27. The van der Waals surface area contributed by atoms with Crippen molar-refractivity contribution < 1.29 is 9.15 Å². The predicted molar refractivity (Wildman–Crippen MR) is 104 cm³/mol. The number of hydrogen-bond donors (Lipinski definition) is 1. The van der Waals surface area contributed by atoms with E-state index in [1.54, 1.807) is 6.26 Å². The Hall–Kier alpha value is -1.74. The van der Waals surface area contributed by atoms with E-state index >= 15 is 0 Å². The molecule has 0 aliphatic heterocycles. The molecular formula is C22H33NO2. The zero-order valence-electron chi connectivity index (χ0n) is 16.1. The van der Waals surface area contributed by atoms with Crippen molar-refractivity contribution in [1.29, 1.82) is 0 Å². The lowest BCUT2D eigenvalue weighted by Crippen LogP contribution is -2.17. The highest BCUT2D eigenvalue weighted by Gasteiger charge is 2.13. The Kier molecular flexibility index (Phi) is 8.07. The summed E-state index contributed by atoms with van der Waals surface area (Å²) in [6.07, 6.45) is 5.56. The second kappa shape index (κ2) is 10.3. The summed E-state index contributed by atoms with van der Waals surface area (Å²) in [6.45, 7) is 10.5. The van der Waals surface area contributed by atoms with Crippen LogP contribution in [0.1, 0.15) is 64.2 Å². The van der Waals surface area contributed by atoms with Crippen LogP contribution in [0.5, 0.6) is 5.75 Å². The van der Waals surface area contributed by atoms with Gasteiger partial charge in [-0.2, -0.15) is 0 Å². The molecule has 0 radical (unpaired) electrons. The minimum absolute atomic E-state index is 0.216. The number of furan rings is 1. The van der Waals surface area contributed by atoms with Gasteiger partial charge in [0.05, 0.1) is 18.9 Å². The fraction of sp³-hybridized carbons (Fsp3) is 0.545. The van der Waals surface area contributed by atoms with Crippen LogP contribution in [0.2, 0.25) is 0 Å². The largest absolute Gasteiger partial charge is 0.491 e. The van der Waals surface area contributed by atoms with Gasteiger partial charge in [-0.3, -0.25) is 0 Å². The maximum atomic E-state index is 5.76. The lowest BCUT2D eigenvalue weighted by atomic mass is 9.89. The van der Waals surface area contributed by atoms with Gasteiger partial charge in [-0.1, -0.05) is 32.4 Å². The molecule has 1 aromatic carbocycles. The van der Waals surface area contributed by atoms with Crippen LogP contribution in [0.15, 0.2) is 47.1 Å². The topological polar surface area (TPSA) is 34.4 Å². The summed E-state index contributed by atoms with van der Waals surface area (Å²) in [7, 11) is 0. The average Bonchev–Trinajstić information content (AvgIpc) is 3.08. The van der Waals surface area contributed by atoms with Gasteiger partial charge in [-0.05, 0) is 74.9 Å². The highest BCUT2D eigenvalue weighted by molar-refractivity contribution is 5.29. The molecule has 1 N–H and O–H groups in total. The van der Waals surface area contributed by atoms with Crippen LogP contribution in [0, 0.1) is 5.92 Å². The summed E-state index contributed by atoms with van der Waals surface area (Å²) >= 11 is 0. The maximum absolute atomic E-state index is 5.76. The van der Waals surface area contributed by atoms with Crippen LogP contribution in [0.3, 0.4) is 0 Å². The third-order valence-electron chi connectivity index (χ3n) is 4.36. The van der Waals surface area contributed by atoms with Gasteiger partial charge in [0.2, 0.25) is 0 Å². The van der Waals surface area contributed by atoms with E-state index in [-0.39, 0.29) is 6.10 Å². The zero-order valence-corrected chi connectivity index (χ0v) is 16.1. The zero-order chi connectivity index (χ0) is 18.1. The van der Waals surface area contributed by atoms with E-state index in [9.17, 15) is 0 Å². The maximum Gasteiger partial charge on any atom is 0.119 e. The van der Waals surface area contributed by atoms with Gasteiger partial charge >= 0.3 is 0 Å². The molecule has 138 valence electrons. The molecule has 0 aliphatic carbocycles. The molecule has 1 aromatic heterocycles. The van der Waals surface area contributed by atoms with Crippen molar-refractivity contribution in [3.8, 4) is 5.75 Å². The van der Waals surface area contributed by atoms with E-state index in [1.807, 2.05) is 12.1 Å². The van der Waals surface area contributed by atoms with Gasteiger partial charge in [0.15, 0.2) is 0 Å². The first-order valence-corrected chi connectivity index (χ1v) is 9.54. The molecule has 0 saturated carbocycles. The molecule has 3 heteroatoms. The van der Waals surface area contributed by atoms with Crippen LogP contribution >= 0.6 is 0 Å². The second-order valence-electron chi connectivity index (χ2n) is 7.45. The molecule has 0 bridgehead atoms. The van der Waals surface area contributed by atoms with E-state index in [4.69, 9.17) is 9.15 Å². The van der Waals surface area contributed by atoms with Gasteiger partial charge in [0, 0.05) is 0 Å². The van der Waals surface area contributed by atoms with Gasteiger partial charge in [-0.25, -0.2) is 0 Å². The van der Waals surface area contributed by atoms with Crippen molar-refractivity contribution in [3.63, 3.8) is 0 Å². The van der Waals surface area contributed by atoms with Gasteiger partial charge < -0.3 is 14.5 Å². The summed E-state index contributed by atoms with van der Waals surface area (Å²) in [5.41, 5.74) is 1.41. The van der Waals surface area contributed by atoms with Crippen molar-refractivity contribution >= 4 is 0 Å². The van der Waals surface area contributed by atoms with E-state index in [2.05, 4.69) is 57.3 Å². The molecule has 0 fully saturated rings. The average molecular weight is 344 g/mol. The third-order valence-corrected chi connectivity index (χ3v) is 4.36. The van der Waals surface area contributed by atoms with Crippen molar-refractivity contribution in [2.75, 3.05) is 6.54 Å². The molecule has 0 amide bonds. The van der Waals surface area contributed by atoms with Crippen LogP contribution in [-0.4, -0.2) is 12.6 Å². The molecule has 2 rings (SSSR count).